The van der Waals surface area contributed by atoms with Gasteiger partial charge in [-0.15, -0.1) is 0 Å². The van der Waals surface area contributed by atoms with Gasteiger partial charge in [-0.25, -0.2) is 0 Å². The second-order valence-corrected chi connectivity index (χ2v) is 6.09. The normalized spacial score (nSPS) is 22.4. The molecule has 2 unspecified atom stereocenters. The van der Waals surface area contributed by atoms with Crippen molar-refractivity contribution in [2.45, 2.75) is 39.2 Å². The van der Waals surface area contributed by atoms with Crippen molar-refractivity contribution in [3.63, 3.8) is 0 Å². The van der Waals surface area contributed by atoms with Gasteiger partial charge < -0.3 is 10.2 Å². The van der Waals surface area contributed by atoms with Crippen LogP contribution in [0.3, 0.4) is 0 Å². The molecule has 2 atom stereocenters. The van der Waals surface area contributed by atoms with Crippen LogP contribution in [0.4, 0.5) is 0 Å². The first-order chi connectivity index (χ1) is 9.19. The van der Waals surface area contributed by atoms with Crippen LogP contribution in [0.25, 0.3) is 0 Å². The Morgan fingerprint density at radius 2 is 2.05 bits per heavy atom. The van der Waals surface area contributed by atoms with Gasteiger partial charge in [-0.05, 0) is 57.8 Å². The van der Waals surface area contributed by atoms with Crippen LogP contribution in [0.2, 0.25) is 0 Å². The molecule has 1 aliphatic heterocycles. The van der Waals surface area contributed by atoms with E-state index in [-0.39, 0.29) is 0 Å². The highest BCUT2D eigenvalue weighted by molar-refractivity contribution is 5.24. The summed E-state index contributed by atoms with van der Waals surface area (Å²) in [5.41, 5.74) is 2.75. The largest absolute Gasteiger partial charge is 0.313 e. The molecule has 0 aromatic heterocycles. The molecule has 1 saturated heterocycles. The van der Waals surface area contributed by atoms with E-state index in [0.29, 0.717) is 6.04 Å². The Balaban J connectivity index is 1.87. The van der Waals surface area contributed by atoms with Crippen molar-refractivity contribution in [3.05, 3.63) is 35.4 Å². The quantitative estimate of drug-likeness (QED) is 0.873. The summed E-state index contributed by atoms with van der Waals surface area (Å²) in [4.78, 5) is 2.63. The van der Waals surface area contributed by atoms with Gasteiger partial charge in [-0.1, -0.05) is 36.8 Å². The lowest BCUT2D eigenvalue weighted by atomic mass is 9.98. The molecule has 0 radical (unpaired) electrons. The molecule has 0 aliphatic carbocycles. The number of nitrogens with zero attached hydrogens (tertiary/aromatic N) is 1. The molecule has 0 amide bonds. The molecule has 1 aromatic carbocycles. The number of nitrogens with one attached hydrogen (secondary N) is 1. The van der Waals surface area contributed by atoms with Crippen LogP contribution >= 0.6 is 0 Å². The maximum absolute atomic E-state index is 3.46. The summed E-state index contributed by atoms with van der Waals surface area (Å²) in [5.74, 6) is 0.876. The van der Waals surface area contributed by atoms with Gasteiger partial charge in [0.2, 0.25) is 0 Å². The molecule has 1 aliphatic rings. The summed E-state index contributed by atoms with van der Waals surface area (Å²) in [6.07, 6.45) is 3.98. The predicted molar refractivity (Wildman–Crippen MR) is 82.4 cm³/mol. The molecule has 1 heterocycles. The van der Waals surface area contributed by atoms with Crippen LogP contribution < -0.4 is 5.32 Å². The third-order valence-corrected chi connectivity index (χ3v) is 4.30. The number of piperidine rings is 1. The van der Waals surface area contributed by atoms with Crippen molar-refractivity contribution in [2.75, 3.05) is 26.7 Å². The van der Waals surface area contributed by atoms with Gasteiger partial charge in [-0.3, -0.25) is 0 Å². The number of hydrogen-bond donors (Lipinski definition) is 1. The van der Waals surface area contributed by atoms with Crippen molar-refractivity contribution in [1.82, 2.24) is 10.2 Å². The minimum atomic E-state index is 0.484. The first kappa shape index (κ1) is 14.5. The molecule has 2 nitrogen and oxygen atoms in total. The van der Waals surface area contributed by atoms with Crippen LogP contribution in [0.5, 0.6) is 0 Å². The van der Waals surface area contributed by atoms with Crippen LogP contribution in [0.1, 0.15) is 43.4 Å². The SMILES string of the molecule is CNC(CCN1CCCC(C)C1)c1ccc(C)cc1. The monoisotopic (exact) mass is 260 g/mol. The molecule has 0 spiro atoms. The van der Waals surface area contributed by atoms with E-state index < -0.39 is 0 Å². The number of rotatable bonds is 5. The summed E-state index contributed by atoms with van der Waals surface area (Å²) in [5, 5.41) is 3.46. The van der Waals surface area contributed by atoms with Crippen molar-refractivity contribution >= 4 is 0 Å². The first-order valence-corrected chi connectivity index (χ1v) is 7.65. The number of aryl methyl sites for hydroxylation is 1. The molecular formula is C17H28N2. The number of hydrogen-bond acceptors (Lipinski definition) is 2. The Morgan fingerprint density at radius 3 is 2.68 bits per heavy atom. The van der Waals surface area contributed by atoms with Gasteiger partial charge in [-0.2, -0.15) is 0 Å². The topological polar surface area (TPSA) is 15.3 Å². The fourth-order valence-electron chi connectivity index (χ4n) is 3.08. The van der Waals surface area contributed by atoms with Gasteiger partial charge in [0.1, 0.15) is 0 Å². The lowest BCUT2D eigenvalue weighted by Crippen LogP contribution is -2.36. The van der Waals surface area contributed by atoms with Crippen LogP contribution in [-0.2, 0) is 0 Å². The van der Waals surface area contributed by atoms with E-state index in [1.165, 1.54) is 50.0 Å². The second kappa shape index (κ2) is 7.06. The van der Waals surface area contributed by atoms with E-state index in [0.717, 1.165) is 5.92 Å². The summed E-state index contributed by atoms with van der Waals surface area (Å²) in [6.45, 7) is 8.30. The molecule has 2 rings (SSSR count). The van der Waals surface area contributed by atoms with Crippen molar-refractivity contribution in [3.8, 4) is 0 Å². The smallest absolute Gasteiger partial charge is 0.0329 e. The fraction of sp³-hybridized carbons (Fsp3) is 0.647. The Bertz CT molecular complexity index is 371. The highest BCUT2D eigenvalue weighted by atomic mass is 15.1. The van der Waals surface area contributed by atoms with Crippen LogP contribution in [0, 0.1) is 12.8 Å². The van der Waals surface area contributed by atoms with Crippen molar-refractivity contribution < 1.29 is 0 Å². The van der Waals surface area contributed by atoms with E-state index >= 15 is 0 Å². The Hall–Kier alpha value is -0.860. The molecule has 1 fully saturated rings. The zero-order valence-electron chi connectivity index (χ0n) is 12.7. The van der Waals surface area contributed by atoms with Gasteiger partial charge in [0.25, 0.3) is 0 Å². The summed E-state index contributed by atoms with van der Waals surface area (Å²) >= 11 is 0. The molecule has 19 heavy (non-hydrogen) atoms. The molecule has 2 heteroatoms. The van der Waals surface area contributed by atoms with E-state index in [1.807, 2.05) is 0 Å². The van der Waals surface area contributed by atoms with E-state index in [9.17, 15) is 0 Å². The minimum Gasteiger partial charge on any atom is -0.313 e. The summed E-state index contributed by atoms with van der Waals surface area (Å²) < 4.78 is 0. The van der Waals surface area contributed by atoms with Gasteiger partial charge in [0.05, 0.1) is 0 Å². The summed E-state index contributed by atoms with van der Waals surface area (Å²) in [6, 6.07) is 9.42. The zero-order chi connectivity index (χ0) is 13.7. The maximum atomic E-state index is 3.46. The molecule has 0 saturated carbocycles. The molecule has 1 N–H and O–H groups in total. The average molecular weight is 260 g/mol. The highest BCUT2D eigenvalue weighted by Crippen LogP contribution is 2.20. The van der Waals surface area contributed by atoms with Crippen LogP contribution in [-0.4, -0.2) is 31.6 Å². The van der Waals surface area contributed by atoms with Gasteiger partial charge in [0, 0.05) is 12.6 Å². The number of likely N-dealkylation sites (tertiary alicyclic amines) is 1. The molecule has 0 bridgehead atoms. The standard InChI is InChI=1S/C17H28N2/c1-14-6-8-16(9-7-14)17(18-3)10-12-19-11-4-5-15(2)13-19/h6-9,15,17-18H,4-5,10-13H2,1-3H3. The Kier molecular flexibility index (Phi) is 5.41. The zero-order valence-corrected chi connectivity index (χ0v) is 12.7. The van der Waals surface area contributed by atoms with Gasteiger partial charge >= 0.3 is 0 Å². The van der Waals surface area contributed by atoms with Crippen molar-refractivity contribution in [1.29, 1.82) is 0 Å². The Morgan fingerprint density at radius 1 is 1.32 bits per heavy atom. The van der Waals surface area contributed by atoms with E-state index in [1.54, 1.807) is 0 Å². The lowest BCUT2D eigenvalue weighted by Gasteiger charge is -2.32. The first-order valence-electron chi connectivity index (χ1n) is 7.65. The fourth-order valence-corrected chi connectivity index (χ4v) is 3.08. The Labute approximate surface area is 118 Å². The third kappa shape index (κ3) is 4.32. The lowest BCUT2D eigenvalue weighted by molar-refractivity contribution is 0.176. The highest BCUT2D eigenvalue weighted by Gasteiger charge is 2.17. The minimum absolute atomic E-state index is 0.484. The number of benzene rings is 1. The second-order valence-electron chi connectivity index (χ2n) is 6.09. The van der Waals surface area contributed by atoms with Crippen molar-refractivity contribution in [2.24, 2.45) is 5.92 Å². The molecular weight excluding hydrogens is 232 g/mol. The molecule has 1 aromatic rings. The maximum Gasteiger partial charge on any atom is 0.0329 e. The van der Waals surface area contributed by atoms with E-state index in [4.69, 9.17) is 0 Å². The predicted octanol–water partition coefficient (Wildman–Crippen LogP) is 3.38. The van der Waals surface area contributed by atoms with Gasteiger partial charge in [0.15, 0.2) is 0 Å². The third-order valence-electron chi connectivity index (χ3n) is 4.30. The van der Waals surface area contributed by atoms with E-state index in [2.05, 4.69) is 55.4 Å². The summed E-state index contributed by atoms with van der Waals surface area (Å²) in [7, 11) is 2.07. The average Bonchev–Trinajstić information content (AvgIpc) is 2.41. The molecule has 106 valence electrons. The van der Waals surface area contributed by atoms with Crippen LogP contribution in [0.15, 0.2) is 24.3 Å².